The van der Waals surface area contributed by atoms with Crippen LogP contribution in [0.3, 0.4) is 0 Å². The van der Waals surface area contributed by atoms with Gasteiger partial charge in [-0.25, -0.2) is 4.57 Å². The zero-order valence-electron chi connectivity index (χ0n) is 8.27. The van der Waals surface area contributed by atoms with Crippen molar-refractivity contribution in [1.29, 1.82) is 0 Å². The Hall–Kier alpha value is -0.240. The number of phosphoric ester groups is 1. The Morgan fingerprint density at radius 3 is 2.69 bits per heavy atom. The quantitative estimate of drug-likeness (QED) is 0.417. The third kappa shape index (κ3) is 2.71. The van der Waals surface area contributed by atoms with Crippen molar-refractivity contribution >= 4 is 17.9 Å². The highest BCUT2D eigenvalue weighted by Gasteiger charge is 2.43. The minimum absolute atomic E-state index is 0.0844. The third-order valence-corrected chi connectivity index (χ3v) is 4.85. The molecule has 2 rings (SSSR count). The van der Waals surface area contributed by atoms with Crippen molar-refractivity contribution in [3.05, 3.63) is 12.7 Å². The SMILES string of the molecule is C=CC1COP(=O)(OC2COS(=O)(=O)C2)O1. The zero-order valence-corrected chi connectivity index (χ0v) is 9.98. The normalized spacial score (nSPS) is 42.2. The second-order valence-corrected chi connectivity index (χ2v) is 6.62. The molecule has 0 aromatic carbocycles. The summed E-state index contributed by atoms with van der Waals surface area (Å²) in [5.41, 5.74) is 0. The lowest BCUT2D eigenvalue weighted by Crippen LogP contribution is -2.16. The van der Waals surface area contributed by atoms with Gasteiger partial charge in [-0.1, -0.05) is 6.08 Å². The molecule has 9 heteroatoms. The summed E-state index contributed by atoms with van der Waals surface area (Å²) in [4.78, 5) is 0. The fourth-order valence-corrected chi connectivity index (χ4v) is 3.96. The maximum absolute atomic E-state index is 11.8. The van der Waals surface area contributed by atoms with Crippen molar-refractivity contribution < 1.29 is 30.7 Å². The van der Waals surface area contributed by atoms with Crippen LogP contribution in [0.25, 0.3) is 0 Å². The molecule has 2 heterocycles. The molecule has 0 radical (unpaired) electrons. The molecule has 3 unspecified atom stereocenters. The Balaban J connectivity index is 1.96. The smallest absolute Gasteiger partial charge is 0.284 e. The van der Waals surface area contributed by atoms with Gasteiger partial charge in [0.15, 0.2) is 0 Å². The molecule has 0 N–H and O–H groups in total. The fourth-order valence-electron chi connectivity index (χ4n) is 1.30. The molecule has 7 nitrogen and oxygen atoms in total. The average Bonchev–Trinajstić information content (AvgIpc) is 2.70. The van der Waals surface area contributed by atoms with Crippen LogP contribution in [0.1, 0.15) is 0 Å². The van der Waals surface area contributed by atoms with E-state index in [-0.39, 0.29) is 19.0 Å². The van der Waals surface area contributed by atoms with E-state index in [1.54, 1.807) is 0 Å². The van der Waals surface area contributed by atoms with Crippen molar-refractivity contribution in [1.82, 2.24) is 0 Å². The van der Waals surface area contributed by atoms with Gasteiger partial charge in [-0.15, -0.1) is 6.58 Å². The molecule has 3 atom stereocenters. The Morgan fingerprint density at radius 2 is 2.19 bits per heavy atom. The molecule has 2 fully saturated rings. The second kappa shape index (κ2) is 4.21. The van der Waals surface area contributed by atoms with Gasteiger partial charge in [-0.2, -0.15) is 8.42 Å². The summed E-state index contributed by atoms with van der Waals surface area (Å²) >= 11 is 0. The van der Waals surface area contributed by atoms with Gasteiger partial charge in [-0.3, -0.25) is 17.8 Å². The van der Waals surface area contributed by atoms with E-state index in [9.17, 15) is 13.0 Å². The second-order valence-electron chi connectivity index (χ2n) is 3.36. The van der Waals surface area contributed by atoms with Crippen LogP contribution < -0.4 is 0 Å². The number of hydrogen-bond donors (Lipinski definition) is 0. The summed E-state index contributed by atoms with van der Waals surface area (Å²) in [6.07, 6.45) is 0.120. The van der Waals surface area contributed by atoms with Gasteiger partial charge in [0.1, 0.15) is 18.0 Å². The summed E-state index contributed by atoms with van der Waals surface area (Å²) < 4.78 is 53.0. The summed E-state index contributed by atoms with van der Waals surface area (Å²) in [5, 5.41) is 0. The molecule has 0 bridgehead atoms. The van der Waals surface area contributed by atoms with Gasteiger partial charge in [0.2, 0.25) is 0 Å². The van der Waals surface area contributed by atoms with E-state index in [0.29, 0.717) is 0 Å². The zero-order chi connectivity index (χ0) is 11.8. The van der Waals surface area contributed by atoms with E-state index in [2.05, 4.69) is 10.8 Å². The van der Waals surface area contributed by atoms with Gasteiger partial charge in [0.25, 0.3) is 10.1 Å². The van der Waals surface area contributed by atoms with Gasteiger partial charge < -0.3 is 0 Å². The van der Waals surface area contributed by atoms with Crippen LogP contribution in [0.2, 0.25) is 0 Å². The highest BCUT2D eigenvalue weighted by atomic mass is 32.2. The molecule has 2 aliphatic heterocycles. The van der Waals surface area contributed by atoms with Gasteiger partial charge in [0.05, 0.1) is 13.2 Å². The Kier molecular flexibility index (Phi) is 3.22. The van der Waals surface area contributed by atoms with E-state index in [1.807, 2.05) is 0 Å². The fraction of sp³-hybridized carbons (Fsp3) is 0.714. The summed E-state index contributed by atoms with van der Waals surface area (Å²) in [6.45, 7) is 3.38. The van der Waals surface area contributed by atoms with Crippen LogP contribution in [0.15, 0.2) is 12.7 Å². The van der Waals surface area contributed by atoms with E-state index in [1.165, 1.54) is 6.08 Å². The topological polar surface area (TPSA) is 88.1 Å². The largest absolute Gasteiger partial charge is 0.475 e. The molecular formula is C7H11O7PS. The van der Waals surface area contributed by atoms with Crippen LogP contribution in [0, 0.1) is 0 Å². The van der Waals surface area contributed by atoms with E-state index in [0.717, 1.165) is 0 Å². The highest BCUT2D eigenvalue weighted by molar-refractivity contribution is 7.87. The standard InChI is InChI=1S/C7H11O7PS/c1-2-6-3-11-15(8,13-6)14-7-4-12-16(9,10)5-7/h2,6-7H,1,3-5H2. The van der Waals surface area contributed by atoms with Crippen LogP contribution in [0.5, 0.6) is 0 Å². The van der Waals surface area contributed by atoms with Gasteiger partial charge in [0, 0.05) is 0 Å². The van der Waals surface area contributed by atoms with Crippen molar-refractivity contribution in [3.63, 3.8) is 0 Å². The molecule has 0 aromatic heterocycles. The van der Waals surface area contributed by atoms with Gasteiger partial charge >= 0.3 is 7.82 Å². The third-order valence-electron chi connectivity index (χ3n) is 2.03. The first-order chi connectivity index (χ1) is 7.42. The van der Waals surface area contributed by atoms with Crippen LogP contribution in [0.4, 0.5) is 0 Å². The van der Waals surface area contributed by atoms with Crippen LogP contribution in [-0.2, 0) is 32.4 Å². The molecule has 0 spiro atoms. The summed E-state index contributed by atoms with van der Waals surface area (Å²) in [5.74, 6) is -0.345. The van der Waals surface area contributed by atoms with Crippen molar-refractivity contribution in [2.75, 3.05) is 19.0 Å². The molecular weight excluding hydrogens is 259 g/mol. The molecule has 0 saturated carbocycles. The van der Waals surface area contributed by atoms with Crippen LogP contribution >= 0.6 is 7.82 Å². The highest BCUT2D eigenvalue weighted by Crippen LogP contribution is 2.56. The molecule has 0 aromatic rings. The number of hydrogen-bond acceptors (Lipinski definition) is 7. The number of phosphoric acid groups is 1. The lowest BCUT2D eigenvalue weighted by Gasteiger charge is -2.13. The monoisotopic (exact) mass is 270 g/mol. The van der Waals surface area contributed by atoms with E-state index < -0.39 is 30.1 Å². The van der Waals surface area contributed by atoms with Crippen LogP contribution in [-0.4, -0.2) is 39.6 Å². The lowest BCUT2D eigenvalue weighted by molar-refractivity contribution is 0.119. The molecule has 92 valence electrons. The Labute approximate surface area is 93.1 Å². The van der Waals surface area contributed by atoms with Gasteiger partial charge in [-0.05, 0) is 0 Å². The molecule has 0 aliphatic carbocycles. The summed E-state index contributed by atoms with van der Waals surface area (Å²) in [7, 11) is -7.22. The minimum atomic E-state index is -3.66. The molecule has 16 heavy (non-hydrogen) atoms. The predicted octanol–water partition coefficient (Wildman–Crippen LogP) is 0.441. The molecule has 0 amide bonds. The van der Waals surface area contributed by atoms with Crippen molar-refractivity contribution in [3.8, 4) is 0 Å². The first-order valence-corrected chi connectivity index (χ1v) is 7.57. The minimum Gasteiger partial charge on any atom is -0.284 e. The lowest BCUT2D eigenvalue weighted by atomic mass is 10.4. The predicted molar refractivity (Wildman–Crippen MR) is 53.2 cm³/mol. The first kappa shape index (κ1) is 12.2. The number of rotatable bonds is 3. The maximum Gasteiger partial charge on any atom is 0.475 e. The van der Waals surface area contributed by atoms with Crippen molar-refractivity contribution in [2.45, 2.75) is 12.2 Å². The summed E-state index contributed by atoms with van der Waals surface area (Å²) in [6, 6.07) is 0. The molecule has 2 saturated heterocycles. The van der Waals surface area contributed by atoms with E-state index in [4.69, 9.17) is 13.6 Å². The average molecular weight is 270 g/mol. The maximum atomic E-state index is 11.8. The van der Waals surface area contributed by atoms with Crippen molar-refractivity contribution in [2.24, 2.45) is 0 Å². The molecule has 2 aliphatic rings. The van der Waals surface area contributed by atoms with E-state index >= 15 is 0 Å². The Morgan fingerprint density at radius 1 is 1.44 bits per heavy atom. The Bertz CT molecular complexity index is 430. The first-order valence-electron chi connectivity index (χ1n) is 4.53.